The lowest BCUT2D eigenvalue weighted by Gasteiger charge is -2.05. The predicted octanol–water partition coefficient (Wildman–Crippen LogP) is 5.96. The van der Waals surface area contributed by atoms with Crippen molar-refractivity contribution in [3.63, 3.8) is 0 Å². The summed E-state index contributed by atoms with van der Waals surface area (Å²) in [7, 11) is 0. The Kier molecular flexibility index (Phi) is 5.34. The lowest BCUT2D eigenvalue weighted by Crippen LogP contribution is -1.95. The first kappa shape index (κ1) is 17.0. The first-order chi connectivity index (χ1) is 12.2. The molecule has 3 heteroatoms. The van der Waals surface area contributed by atoms with Crippen LogP contribution in [0.1, 0.15) is 32.3 Å². The second-order valence-electron chi connectivity index (χ2n) is 6.25. The number of aromatic nitrogens is 2. The summed E-state index contributed by atoms with van der Waals surface area (Å²) in [4.78, 5) is 0. The van der Waals surface area contributed by atoms with Crippen LogP contribution in [-0.4, -0.2) is 16.8 Å². The van der Waals surface area contributed by atoms with Gasteiger partial charge in [-0.25, -0.2) is 0 Å². The van der Waals surface area contributed by atoms with E-state index < -0.39 is 0 Å². The van der Waals surface area contributed by atoms with E-state index in [4.69, 9.17) is 4.74 Å². The molecule has 0 atom stereocenters. The average Bonchev–Trinajstić information content (AvgIpc) is 3.13. The number of hydrogen-bond acceptors (Lipinski definition) is 2. The summed E-state index contributed by atoms with van der Waals surface area (Å²) in [5, 5.41) is 7.56. The highest BCUT2D eigenvalue weighted by molar-refractivity contribution is 5.70. The number of ether oxygens (including phenoxy) is 1. The lowest BCUT2D eigenvalue weighted by molar-refractivity contribution is 0.309. The SMILES string of the molecule is C=C(C)c1ccc(-c2cc(-c3ccc(OCCCC)cc3)n[nH]2)cc1. The van der Waals surface area contributed by atoms with E-state index in [0.29, 0.717) is 0 Å². The van der Waals surface area contributed by atoms with E-state index in [1.807, 2.05) is 31.2 Å². The lowest BCUT2D eigenvalue weighted by atomic mass is 10.0. The number of unbranched alkanes of at least 4 members (excludes halogenated alkanes) is 1. The van der Waals surface area contributed by atoms with E-state index in [-0.39, 0.29) is 0 Å². The molecule has 1 N–H and O–H groups in total. The summed E-state index contributed by atoms with van der Waals surface area (Å²) in [6, 6.07) is 18.5. The molecule has 3 aromatic rings. The summed E-state index contributed by atoms with van der Waals surface area (Å²) in [5.74, 6) is 0.906. The Labute approximate surface area is 149 Å². The van der Waals surface area contributed by atoms with Crippen LogP contribution in [0.5, 0.6) is 5.75 Å². The Morgan fingerprint density at radius 1 is 1.04 bits per heavy atom. The van der Waals surface area contributed by atoms with E-state index >= 15 is 0 Å². The summed E-state index contributed by atoms with van der Waals surface area (Å²) in [5.41, 5.74) is 6.35. The third kappa shape index (κ3) is 4.18. The second-order valence-corrected chi connectivity index (χ2v) is 6.25. The van der Waals surface area contributed by atoms with Crippen LogP contribution >= 0.6 is 0 Å². The average molecular weight is 332 g/mol. The largest absolute Gasteiger partial charge is 0.494 e. The van der Waals surface area contributed by atoms with Crippen LogP contribution in [0.4, 0.5) is 0 Å². The van der Waals surface area contributed by atoms with Gasteiger partial charge in [-0.15, -0.1) is 0 Å². The van der Waals surface area contributed by atoms with E-state index in [1.165, 1.54) is 0 Å². The van der Waals surface area contributed by atoms with Crippen molar-refractivity contribution < 1.29 is 4.74 Å². The predicted molar refractivity (Wildman–Crippen MR) is 105 cm³/mol. The molecule has 0 saturated heterocycles. The smallest absolute Gasteiger partial charge is 0.119 e. The number of H-pyrrole nitrogens is 1. The molecule has 1 heterocycles. The molecule has 0 saturated carbocycles. The standard InChI is InChI=1S/C22H24N2O/c1-4-5-14-25-20-12-10-19(11-13-20)22-15-21(23-24-22)18-8-6-17(7-9-18)16(2)3/h6-13,15H,2,4-5,14H2,1,3H3,(H,23,24). The van der Waals surface area contributed by atoms with E-state index in [2.05, 4.69) is 54.0 Å². The molecule has 128 valence electrons. The van der Waals surface area contributed by atoms with Crippen molar-refractivity contribution in [2.75, 3.05) is 6.61 Å². The molecule has 0 amide bonds. The van der Waals surface area contributed by atoms with Gasteiger partial charge in [0.25, 0.3) is 0 Å². The van der Waals surface area contributed by atoms with Gasteiger partial charge in [-0.05, 0) is 54.8 Å². The molecule has 0 fully saturated rings. The second kappa shape index (κ2) is 7.84. The maximum Gasteiger partial charge on any atom is 0.119 e. The van der Waals surface area contributed by atoms with Crippen LogP contribution in [0.25, 0.3) is 28.1 Å². The highest BCUT2D eigenvalue weighted by Gasteiger charge is 2.06. The molecule has 0 aliphatic rings. The molecule has 0 unspecified atom stereocenters. The first-order valence-corrected chi connectivity index (χ1v) is 8.72. The number of allylic oxidation sites excluding steroid dienone is 1. The van der Waals surface area contributed by atoms with Crippen molar-refractivity contribution in [1.82, 2.24) is 10.2 Å². The van der Waals surface area contributed by atoms with Crippen LogP contribution in [0.2, 0.25) is 0 Å². The minimum Gasteiger partial charge on any atom is -0.494 e. The normalized spacial score (nSPS) is 10.6. The maximum atomic E-state index is 5.71. The topological polar surface area (TPSA) is 37.9 Å². The zero-order valence-electron chi connectivity index (χ0n) is 14.9. The van der Waals surface area contributed by atoms with Crippen molar-refractivity contribution in [2.24, 2.45) is 0 Å². The molecule has 2 aromatic carbocycles. The van der Waals surface area contributed by atoms with Gasteiger partial charge in [0.2, 0.25) is 0 Å². The zero-order valence-corrected chi connectivity index (χ0v) is 14.9. The van der Waals surface area contributed by atoms with Crippen molar-refractivity contribution in [1.29, 1.82) is 0 Å². The van der Waals surface area contributed by atoms with Gasteiger partial charge in [-0.3, -0.25) is 5.10 Å². The molecule has 0 aliphatic carbocycles. The maximum absolute atomic E-state index is 5.71. The molecule has 1 aromatic heterocycles. The quantitative estimate of drug-likeness (QED) is 0.542. The number of aromatic amines is 1. The Bertz CT molecular complexity index is 829. The Morgan fingerprint density at radius 3 is 2.36 bits per heavy atom. The highest BCUT2D eigenvalue weighted by Crippen LogP contribution is 2.26. The van der Waals surface area contributed by atoms with E-state index in [0.717, 1.165) is 58.8 Å². The number of rotatable bonds is 7. The fourth-order valence-corrected chi connectivity index (χ4v) is 2.61. The fraction of sp³-hybridized carbons (Fsp3) is 0.227. The molecule has 25 heavy (non-hydrogen) atoms. The number of nitrogens with zero attached hydrogens (tertiary/aromatic N) is 1. The molecular weight excluding hydrogens is 308 g/mol. The van der Waals surface area contributed by atoms with Gasteiger partial charge < -0.3 is 4.74 Å². The third-order valence-corrected chi connectivity index (χ3v) is 4.18. The summed E-state index contributed by atoms with van der Waals surface area (Å²) >= 11 is 0. The zero-order chi connectivity index (χ0) is 17.6. The molecule has 3 nitrogen and oxygen atoms in total. The third-order valence-electron chi connectivity index (χ3n) is 4.18. The molecular formula is C22H24N2O. The highest BCUT2D eigenvalue weighted by atomic mass is 16.5. The van der Waals surface area contributed by atoms with Gasteiger partial charge in [-0.1, -0.05) is 49.8 Å². The minimum absolute atomic E-state index is 0.766. The Morgan fingerprint density at radius 2 is 1.72 bits per heavy atom. The molecule has 0 aliphatic heterocycles. The number of benzene rings is 2. The van der Waals surface area contributed by atoms with Gasteiger partial charge in [0.05, 0.1) is 18.0 Å². The number of hydrogen-bond donors (Lipinski definition) is 1. The fourth-order valence-electron chi connectivity index (χ4n) is 2.61. The van der Waals surface area contributed by atoms with E-state index in [9.17, 15) is 0 Å². The van der Waals surface area contributed by atoms with Crippen molar-refractivity contribution >= 4 is 5.57 Å². The summed E-state index contributed by atoms with van der Waals surface area (Å²) in [6.07, 6.45) is 2.22. The summed E-state index contributed by atoms with van der Waals surface area (Å²) in [6.45, 7) is 8.91. The van der Waals surface area contributed by atoms with Gasteiger partial charge in [0.15, 0.2) is 0 Å². The van der Waals surface area contributed by atoms with Crippen LogP contribution in [0.15, 0.2) is 61.2 Å². The molecule has 0 spiro atoms. The van der Waals surface area contributed by atoms with Crippen molar-refractivity contribution in [3.8, 4) is 28.3 Å². The van der Waals surface area contributed by atoms with Gasteiger partial charge in [-0.2, -0.15) is 5.10 Å². The van der Waals surface area contributed by atoms with Crippen LogP contribution < -0.4 is 4.74 Å². The molecule has 0 bridgehead atoms. The van der Waals surface area contributed by atoms with Crippen LogP contribution in [0, 0.1) is 0 Å². The monoisotopic (exact) mass is 332 g/mol. The number of nitrogens with one attached hydrogen (secondary N) is 1. The minimum atomic E-state index is 0.766. The van der Waals surface area contributed by atoms with E-state index in [1.54, 1.807) is 0 Å². The summed E-state index contributed by atoms with van der Waals surface area (Å²) < 4.78 is 5.71. The van der Waals surface area contributed by atoms with Crippen LogP contribution in [0.3, 0.4) is 0 Å². The van der Waals surface area contributed by atoms with Crippen LogP contribution in [-0.2, 0) is 0 Å². The van der Waals surface area contributed by atoms with Crippen molar-refractivity contribution in [2.45, 2.75) is 26.7 Å². The van der Waals surface area contributed by atoms with Crippen molar-refractivity contribution in [3.05, 3.63) is 66.7 Å². The Hall–Kier alpha value is -2.81. The van der Waals surface area contributed by atoms with Gasteiger partial charge in [0.1, 0.15) is 5.75 Å². The van der Waals surface area contributed by atoms with Gasteiger partial charge >= 0.3 is 0 Å². The molecule has 0 radical (unpaired) electrons. The first-order valence-electron chi connectivity index (χ1n) is 8.72. The Balaban J connectivity index is 1.73. The van der Waals surface area contributed by atoms with Gasteiger partial charge in [0, 0.05) is 5.56 Å². The molecule has 3 rings (SSSR count).